The van der Waals surface area contributed by atoms with Crippen molar-refractivity contribution in [2.75, 3.05) is 19.8 Å². The molecule has 1 saturated heterocycles. The van der Waals surface area contributed by atoms with Crippen LogP contribution in [0.1, 0.15) is 0 Å². The van der Waals surface area contributed by atoms with Crippen molar-refractivity contribution >= 4 is 12.2 Å². The number of hydrogen-bond acceptors (Lipinski definition) is 6. The van der Waals surface area contributed by atoms with Gasteiger partial charge in [-0.2, -0.15) is 4.99 Å². The molecule has 6 heteroatoms. The molecule has 64 valence electrons. The zero-order valence-corrected chi connectivity index (χ0v) is 6.27. The van der Waals surface area contributed by atoms with Crippen LogP contribution in [-0.2, 0) is 14.3 Å². The first-order valence-corrected chi connectivity index (χ1v) is 3.37. The van der Waals surface area contributed by atoms with E-state index in [1.54, 1.807) is 0 Å². The van der Waals surface area contributed by atoms with Gasteiger partial charge in [0.15, 0.2) is 6.17 Å². The van der Waals surface area contributed by atoms with Gasteiger partial charge in [0, 0.05) is 0 Å². The molecule has 0 aromatic heterocycles. The predicted octanol–water partition coefficient (Wildman–Crippen LogP) is -0.769. The minimum Gasteiger partial charge on any atom is -0.375 e. The molecule has 0 aromatic carbocycles. The number of rotatable bonds is 2. The van der Waals surface area contributed by atoms with Crippen LogP contribution in [0.5, 0.6) is 0 Å². The van der Waals surface area contributed by atoms with Gasteiger partial charge in [0.2, 0.25) is 6.08 Å². The first-order chi connectivity index (χ1) is 5.88. The standard InChI is InChI=1S/C6H7N3O3/c10-4-7-6-3-12-2-1-9(6)8-5-11/h6H,1-3H2. The van der Waals surface area contributed by atoms with Gasteiger partial charge in [0.1, 0.15) is 0 Å². The number of carbonyl (C=O) groups excluding carboxylic acids is 2. The number of nitrogens with zero attached hydrogens (tertiary/aromatic N) is 3. The normalized spacial score (nSPS) is 22.3. The molecule has 1 unspecified atom stereocenters. The number of hydrogen-bond donors (Lipinski definition) is 0. The van der Waals surface area contributed by atoms with Gasteiger partial charge in [-0.25, -0.2) is 9.59 Å². The first kappa shape index (κ1) is 8.62. The number of isocyanates is 2. The van der Waals surface area contributed by atoms with Gasteiger partial charge in [-0.1, -0.05) is 5.10 Å². The Kier molecular flexibility index (Phi) is 3.17. The van der Waals surface area contributed by atoms with Crippen LogP contribution in [0, 0.1) is 0 Å². The third-order valence-electron chi connectivity index (χ3n) is 1.45. The zero-order valence-electron chi connectivity index (χ0n) is 6.27. The number of ether oxygens (including phenoxy) is 1. The molecule has 1 atom stereocenters. The summed E-state index contributed by atoms with van der Waals surface area (Å²) in [4.78, 5) is 23.2. The Morgan fingerprint density at radius 3 is 2.92 bits per heavy atom. The fourth-order valence-corrected chi connectivity index (χ4v) is 0.916. The van der Waals surface area contributed by atoms with Crippen LogP contribution in [0.3, 0.4) is 0 Å². The van der Waals surface area contributed by atoms with Crippen LogP contribution < -0.4 is 0 Å². The van der Waals surface area contributed by atoms with E-state index in [9.17, 15) is 9.59 Å². The van der Waals surface area contributed by atoms with Crippen LogP contribution in [0.15, 0.2) is 10.1 Å². The van der Waals surface area contributed by atoms with E-state index in [0.29, 0.717) is 13.2 Å². The summed E-state index contributed by atoms with van der Waals surface area (Å²) >= 11 is 0. The summed E-state index contributed by atoms with van der Waals surface area (Å²) in [6, 6.07) is 0. The summed E-state index contributed by atoms with van der Waals surface area (Å²) in [6.07, 6.45) is 2.24. The molecule has 0 spiro atoms. The first-order valence-electron chi connectivity index (χ1n) is 3.37. The molecule has 1 fully saturated rings. The van der Waals surface area contributed by atoms with Crippen molar-refractivity contribution in [1.82, 2.24) is 5.01 Å². The third kappa shape index (κ3) is 2.00. The summed E-state index contributed by atoms with van der Waals surface area (Å²) in [7, 11) is 0. The molecule has 1 heterocycles. The lowest BCUT2D eigenvalue weighted by molar-refractivity contribution is -0.00254. The molecule has 0 N–H and O–H groups in total. The number of morpholine rings is 1. The van der Waals surface area contributed by atoms with Gasteiger partial charge in [-0.05, 0) is 0 Å². The van der Waals surface area contributed by atoms with Crippen molar-refractivity contribution in [3.8, 4) is 0 Å². The summed E-state index contributed by atoms with van der Waals surface area (Å²) in [5.41, 5.74) is 0. The highest BCUT2D eigenvalue weighted by Crippen LogP contribution is 2.06. The van der Waals surface area contributed by atoms with Crippen molar-refractivity contribution in [3.63, 3.8) is 0 Å². The van der Waals surface area contributed by atoms with E-state index >= 15 is 0 Å². The molecule has 0 aromatic rings. The number of aliphatic imine (C=N–C) groups is 1. The van der Waals surface area contributed by atoms with E-state index in [-0.39, 0.29) is 6.61 Å². The topological polar surface area (TPSA) is 71.3 Å². The van der Waals surface area contributed by atoms with Gasteiger partial charge in [0.25, 0.3) is 6.08 Å². The Morgan fingerprint density at radius 1 is 1.42 bits per heavy atom. The molecule has 0 saturated carbocycles. The molecule has 12 heavy (non-hydrogen) atoms. The van der Waals surface area contributed by atoms with Gasteiger partial charge in [0.05, 0.1) is 19.8 Å². The molecule has 0 aliphatic carbocycles. The summed E-state index contributed by atoms with van der Waals surface area (Å²) in [5, 5.41) is 4.71. The SMILES string of the molecule is O=C=NC1COCCN1N=C=O. The van der Waals surface area contributed by atoms with E-state index in [0.717, 1.165) is 0 Å². The van der Waals surface area contributed by atoms with Crippen LogP contribution in [-0.4, -0.2) is 43.1 Å². The Hall–Kier alpha value is -1.48. The zero-order chi connectivity index (χ0) is 8.81. The average molecular weight is 169 g/mol. The molecule has 0 radical (unpaired) electrons. The van der Waals surface area contributed by atoms with Crippen molar-refractivity contribution in [3.05, 3.63) is 0 Å². The van der Waals surface area contributed by atoms with E-state index in [1.165, 1.54) is 17.2 Å². The van der Waals surface area contributed by atoms with E-state index in [2.05, 4.69) is 10.1 Å². The van der Waals surface area contributed by atoms with Crippen molar-refractivity contribution < 1.29 is 14.3 Å². The van der Waals surface area contributed by atoms with E-state index in [4.69, 9.17) is 4.74 Å². The molecule has 0 bridgehead atoms. The Labute approximate surface area is 68.5 Å². The smallest absolute Gasteiger partial charge is 0.258 e. The largest absolute Gasteiger partial charge is 0.375 e. The predicted molar refractivity (Wildman–Crippen MR) is 37.6 cm³/mol. The Balaban J connectivity index is 2.65. The highest BCUT2D eigenvalue weighted by molar-refractivity contribution is 5.34. The maximum atomic E-state index is 9.91. The molecule has 6 nitrogen and oxygen atoms in total. The molecule has 0 amide bonds. The summed E-state index contributed by atoms with van der Waals surface area (Å²) in [5.74, 6) is 0. The minimum absolute atomic E-state index is 0.250. The molecule has 1 aliphatic heterocycles. The maximum Gasteiger partial charge on any atom is 0.258 e. The minimum atomic E-state index is -0.530. The lowest BCUT2D eigenvalue weighted by Crippen LogP contribution is -2.40. The van der Waals surface area contributed by atoms with E-state index in [1.807, 2.05) is 0 Å². The fraction of sp³-hybridized carbons (Fsp3) is 0.667. The van der Waals surface area contributed by atoms with Gasteiger partial charge >= 0.3 is 0 Å². The lowest BCUT2D eigenvalue weighted by atomic mass is 10.4. The van der Waals surface area contributed by atoms with Crippen LogP contribution in [0.25, 0.3) is 0 Å². The highest BCUT2D eigenvalue weighted by atomic mass is 16.5. The maximum absolute atomic E-state index is 9.91. The van der Waals surface area contributed by atoms with Gasteiger partial charge in [-0.15, -0.1) is 0 Å². The fourth-order valence-electron chi connectivity index (χ4n) is 0.916. The summed E-state index contributed by atoms with van der Waals surface area (Å²) in [6.45, 7) is 1.15. The molecular weight excluding hydrogens is 162 g/mol. The van der Waals surface area contributed by atoms with Crippen LogP contribution in [0.2, 0.25) is 0 Å². The third-order valence-corrected chi connectivity index (χ3v) is 1.45. The Morgan fingerprint density at radius 2 is 2.25 bits per heavy atom. The monoisotopic (exact) mass is 169 g/mol. The lowest BCUT2D eigenvalue weighted by Gasteiger charge is -2.27. The second-order valence-electron chi connectivity index (χ2n) is 2.13. The molecule has 1 rings (SSSR count). The summed E-state index contributed by atoms with van der Waals surface area (Å²) < 4.78 is 5.01. The van der Waals surface area contributed by atoms with Gasteiger partial charge < -0.3 is 4.74 Å². The van der Waals surface area contributed by atoms with Crippen molar-refractivity contribution in [1.29, 1.82) is 0 Å². The van der Waals surface area contributed by atoms with Crippen LogP contribution in [0.4, 0.5) is 0 Å². The second kappa shape index (κ2) is 4.41. The quantitative estimate of drug-likeness (QED) is 0.402. The van der Waals surface area contributed by atoms with Crippen molar-refractivity contribution in [2.24, 2.45) is 10.1 Å². The number of hydrazone groups is 1. The molecule has 1 aliphatic rings. The molecular formula is C6H7N3O3. The average Bonchev–Trinajstić information content (AvgIpc) is 2.09. The van der Waals surface area contributed by atoms with Crippen LogP contribution >= 0.6 is 0 Å². The van der Waals surface area contributed by atoms with E-state index < -0.39 is 6.17 Å². The van der Waals surface area contributed by atoms with Crippen molar-refractivity contribution in [2.45, 2.75) is 6.17 Å². The van der Waals surface area contributed by atoms with Gasteiger partial charge in [-0.3, -0.25) is 5.01 Å². The Bertz CT molecular complexity index is 216. The second-order valence-corrected chi connectivity index (χ2v) is 2.13. The highest BCUT2D eigenvalue weighted by Gasteiger charge is 2.20.